The van der Waals surface area contributed by atoms with Crippen molar-refractivity contribution < 1.29 is 9.59 Å². The zero-order valence-electron chi connectivity index (χ0n) is 17.2. The number of benzene rings is 1. The van der Waals surface area contributed by atoms with Crippen LogP contribution in [0.3, 0.4) is 0 Å². The number of aryl methyl sites for hydroxylation is 2. The molecule has 9 heteroatoms. The first-order chi connectivity index (χ1) is 15.0. The highest BCUT2D eigenvalue weighted by molar-refractivity contribution is 7.98. The Hall–Kier alpha value is -2.65. The number of thioether (sulfide) groups is 1. The third kappa shape index (κ3) is 5.34. The van der Waals surface area contributed by atoms with E-state index < -0.39 is 0 Å². The molecule has 1 aromatic carbocycles. The topological polar surface area (TPSA) is 104 Å². The number of fused-ring (bicyclic) bond motifs is 3. The van der Waals surface area contributed by atoms with Gasteiger partial charge in [0.1, 0.15) is 10.7 Å². The number of H-pyrrole nitrogens is 1. The van der Waals surface area contributed by atoms with E-state index in [4.69, 9.17) is 0 Å². The third-order valence-electron chi connectivity index (χ3n) is 5.05. The van der Waals surface area contributed by atoms with Gasteiger partial charge in [0.25, 0.3) is 5.56 Å². The number of rotatable bonds is 7. The molecule has 1 aliphatic rings. The molecular formula is C22H24N4O3S2. The quantitative estimate of drug-likeness (QED) is 0.465. The molecule has 0 aliphatic heterocycles. The SMILES string of the molecule is CC(=O)Nc1cccc(NC(=O)CCSCc2nc3sc4c(c3c(=O)[nH]2)CCCC4)c1. The molecule has 0 saturated carbocycles. The lowest BCUT2D eigenvalue weighted by molar-refractivity contribution is -0.116. The first-order valence-electron chi connectivity index (χ1n) is 10.3. The van der Waals surface area contributed by atoms with Crippen molar-refractivity contribution in [2.75, 3.05) is 16.4 Å². The molecule has 2 aromatic heterocycles. The van der Waals surface area contributed by atoms with Gasteiger partial charge >= 0.3 is 0 Å². The van der Waals surface area contributed by atoms with Crippen molar-refractivity contribution in [2.24, 2.45) is 0 Å². The predicted molar refractivity (Wildman–Crippen MR) is 127 cm³/mol. The van der Waals surface area contributed by atoms with Crippen LogP contribution in [0.15, 0.2) is 29.1 Å². The van der Waals surface area contributed by atoms with Gasteiger partial charge in [0.15, 0.2) is 0 Å². The average molecular weight is 457 g/mol. The molecule has 7 nitrogen and oxygen atoms in total. The first-order valence-corrected chi connectivity index (χ1v) is 12.3. The largest absolute Gasteiger partial charge is 0.326 e. The molecule has 3 N–H and O–H groups in total. The molecule has 2 heterocycles. The lowest BCUT2D eigenvalue weighted by atomic mass is 9.97. The summed E-state index contributed by atoms with van der Waals surface area (Å²) in [4.78, 5) is 45.7. The Bertz CT molecular complexity index is 1190. The summed E-state index contributed by atoms with van der Waals surface area (Å²) in [5.41, 5.74) is 2.43. The molecule has 2 amide bonds. The Morgan fingerprint density at radius 2 is 1.97 bits per heavy atom. The van der Waals surface area contributed by atoms with Gasteiger partial charge in [-0.1, -0.05) is 6.07 Å². The monoisotopic (exact) mass is 456 g/mol. The summed E-state index contributed by atoms with van der Waals surface area (Å²) in [6, 6.07) is 7.04. The number of amides is 2. The predicted octanol–water partition coefficient (Wildman–Crippen LogP) is 4.08. The van der Waals surface area contributed by atoms with E-state index in [1.807, 2.05) is 0 Å². The number of aromatic nitrogens is 2. The van der Waals surface area contributed by atoms with Crippen LogP contribution in [0.1, 0.15) is 42.5 Å². The van der Waals surface area contributed by atoms with Gasteiger partial charge in [-0.3, -0.25) is 14.4 Å². The van der Waals surface area contributed by atoms with Crippen LogP contribution in [-0.4, -0.2) is 27.5 Å². The molecule has 0 bridgehead atoms. The number of hydrogen-bond acceptors (Lipinski definition) is 6. The molecular weight excluding hydrogens is 432 g/mol. The van der Waals surface area contributed by atoms with Crippen molar-refractivity contribution in [3.05, 3.63) is 50.9 Å². The van der Waals surface area contributed by atoms with E-state index in [2.05, 4.69) is 20.6 Å². The maximum Gasteiger partial charge on any atom is 0.259 e. The minimum atomic E-state index is -0.160. The van der Waals surface area contributed by atoms with E-state index in [0.717, 1.165) is 29.5 Å². The van der Waals surface area contributed by atoms with Crippen LogP contribution in [0.25, 0.3) is 10.2 Å². The molecule has 0 unspecified atom stereocenters. The number of hydrogen-bond donors (Lipinski definition) is 3. The Morgan fingerprint density at radius 1 is 1.19 bits per heavy atom. The van der Waals surface area contributed by atoms with E-state index in [0.29, 0.717) is 35.1 Å². The number of anilines is 2. The van der Waals surface area contributed by atoms with Crippen LogP contribution < -0.4 is 16.2 Å². The summed E-state index contributed by atoms with van der Waals surface area (Å²) in [5, 5.41) is 6.30. The van der Waals surface area contributed by atoms with E-state index in [1.54, 1.807) is 47.4 Å². The zero-order chi connectivity index (χ0) is 21.8. The van der Waals surface area contributed by atoms with Crippen LogP contribution >= 0.6 is 23.1 Å². The Labute approximate surface area is 188 Å². The number of carbonyl (C=O) groups excluding carboxylic acids is 2. The van der Waals surface area contributed by atoms with Crippen molar-refractivity contribution in [1.29, 1.82) is 0 Å². The van der Waals surface area contributed by atoms with Gasteiger partial charge in [-0.25, -0.2) is 4.98 Å². The lowest BCUT2D eigenvalue weighted by Crippen LogP contribution is -2.14. The number of aromatic amines is 1. The Morgan fingerprint density at radius 3 is 2.77 bits per heavy atom. The van der Waals surface area contributed by atoms with Crippen molar-refractivity contribution in [2.45, 2.75) is 44.8 Å². The van der Waals surface area contributed by atoms with Gasteiger partial charge in [-0.15, -0.1) is 11.3 Å². The minimum absolute atomic E-state index is 0.0446. The lowest BCUT2D eigenvalue weighted by Gasteiger charge is -2.09. The number of nitrogens with zero attached hydrogens (tertiary/aromatic N) is 1. The molecule has 31 heavy (non-hydrogen) atoms. The molecule has 0 atom stereocenters. The second-order valence-corrected chi connectivity index (χ2v) is 9.71. The van der Waals surface area contributed by atoms with Gasteiger partial charge in [0, 0.05) is 35.3 Å². The first kappa shape index (κ1) is 21.6. The van der Waals surface area contributed by atoms with Crippen molar-refractivity contribution in [3.8, 4) is 0 Å². The van der Waals surface area contributed by atoms with Gasteiger partial charge in [-0.2, -0.15) is 11.8 Å². The van der Waals surface area contributed by atoms with Crippen LogP contribution in [0.2, 0.25) is 0 Å². The van der Waals surface area contributed by atoms with Crippen molar-refractivity contribution in [3.63, 3.8) is 0 Å². The second kappa shape index (κ2) is 9.65. The van der Waals surface area contributed by atoms with Crippen LogP contribution in [-0.2, 0) is 28.2 Å². The second-order valence-electron chi connectivity index (χ2n) is 7.52. The van der Waals surface area contributed by atoms with E-state index in [9.17, 15) is 14.4 Å². The summed E-state index contributed by atoms with van der Waals surface area (Å²) in [6.45, 7) is 1.44. The molecule has 0 radical (unpaired) electrons. The normalized spacial score (nSPS) is 13.1. The summed E-state index contributed by atoms with van der Waals surface area (Å²) < 4.78 is 0. The summed E-state index contributed by atoms with van der Waals surface area (Å²) >= 11 is 3.21. The van der Waals surface area contributed by atoms with E-state index in [-0.39, 0.29) is 17.4 Å². The Kier molecular flexibility index (Phi) is 6.72. The maximum atomic E-state index is 12.6. The zero-order valence-corrected chi connectivity index (χ0v) is 18.9. The highest BCUT2D eigenvalue weighted by Crippen LogP contribution is 2.33. The van der Waals surface area contributed by atoms with Gasteiger partial charge in [-0.05, 0) is 49.4 Å². The smallest absolute Gasteiger partial charge is 0.259 e. The van der Waals surface area contributed by atoms with Gasteiger partial charge in [0.2, 0.25) is 11.8 Å². The molecule has 1 aliphatic carbocycles. The average Bonchev–Trinajstić information content (AvgIpc) is 3.10. The van der Waals surface area contributed by atoms with E-state index >= 15 is 0 Å². The standard InChI is InChI=1S/C22H24N4O3S2/c1-13(27)23-14-5-4-6-15(11-14)24-19(28)9-10-30-12-18-25-21(29)20-16-7-2-3-8-17(16)31-22(20)26-18/h4-6,11H,2-3,7-10,12H2,1H3,(H,23,27)(H,24,28)(H,25,26,29). The third-order valence-corrected chi connectivity index (χ3v) is 7.21. The number of carbonyl (C=O) groups is 2. The van der Waals surface area contributed by atoms with Gasteiger partial charge in [0.05, 0.1) is 11.1 Å². The molecule has 0 saturated heterocycles. The van der Waals surface area contributed by atoms with Crippen molar-refractivity contribution >= 4 is 56.5 Å². The fourth-order valence-electron chi connectivity index (χ4n) is 3.71. The van der Waals surface area contributed by atoms with Crippen LogP contribution in [0.5, 0.6) is 0 Å². The summed E-state index contributed by atoms with van der Waals surface area (Å²) in [6.07, 6.45) is 4.67. The molecule has 162 valence electrons. The van der Waals surface area contributed by atoms with E-state index in [1.165, 1.54) is 23.8 Å². The fourth-order valence-corrected chi connectivity index (χ4v) is 5.80. The highest BCUT2D eigenvalue weighted by atomic mass is 32.2. The number of nitrogens with one attached hydrogen (secondary N) is 3. The summed E-state index contributed by atoms with van der Waals surface area (Å²) in [7, 11) is 0. The van der Waals surface area contributed by atoms with Crippen LogP contribution in [0, 0.1) is 0 Å². The van der Waals surface area contributed by atoms with Crippen molar-refractivity contribution in [1.82, 2.24) is 9.97 Å². The molecule has 3 aromatic rings. The fraction of sp³-hybridized carbons (Fsp3) is 0.364. The maximum absolute atomic E-state index is 12.6. The molecule has 0 fully saturated rings. The minimum Gasteiger partial charge on any atom is -0.326 e. The van der Waals surface area contributed by atoms with Gasteiger partial charge < -0.3 is 15.6 Å². The highest BCUT2D eigenvalue weighted by Gasteiger charge is 2.19. The molecule has 4 rings (SSSR count). The van der Waals surface area contributed by atoms with Crippen LogP contribution in [0.4, 0.5) is 11.4 Å². The summed E-state index contributed by atoms with van der Waals surface area (Å²) in [5.74, 6) is 1.56. The number of thiophene rings is 1. The molecule has 0 spiro atoms. The Balaban J connectivity index is 1.30.